The number of ether oxygens (including phenoxy) is 2. The van der Waals surface area contributed by atoms with Gasteiger partial charge in [0.15, 0.2) is 5.78 Å². The fourth-order valence-corrected chi connectivity index (χ4v) is 3.09. The van der Waals surface area contributed by atoms with Crippen LogP contribution >= 0.6 is 23.5 Å². The van der Waals surface area contributed by atoms with Crippen LogP contribution in [0, 0.1) is 0 Å². The third-order valence-electron chi connectivity index (χ3n) is 2.61. The molecule has 0 spiro atoms. The minimum Gasteiger partial charge on any atom is -0.382 e. The average molecular weight is 312 g/mol. The zero-order valence-corrected chi connectivity index (χ0v) is 13.7. The second-order valence-corrected chi connectivity index (χ2v) is 5.81. The molecule has 0 bridgehead atoms. The van der Waals surface area contributed by atoms with E-state index in [1.54, 1.807) is 30.6 Å². The molecule has 20 heavy (non-hydrogen) atoms. The summed E-state index contributed by atoms with van der Waals surface area (Å²) in [5, 5.41) is 0. The second kappa shape index (κ2) is 10.0. The molecule has 0 amide bonds. The van der Waals surface area contributed by atoms with Crippen LogP contribution in [-0.4, -0.2) is 45.2 Å². The lowest BCUT2D eigenvalue weighted by atomic mass is 10.1. The summed E-state index contributed by atoms with van der Waals surface area (Å²) in [6, 6.07) is 9.30. The molecule has 0 aromatic heterocycles. The maximum Gasteiger partial charge on any atom is 0.192 e. The Morgan fingerprint density at radius 2 is 1.75 bits per heavy atom. The van der Waals surface area contributed by atoms with Crippen LogP contribution in [0.4, 0.5) is 0 Å². The maximum absolute atomic E-state index is 12.6. The van der Waals surface area contributed by atoms with Crippen molar-refractivity contribution in [3.8, 4) is 0 Å². The van der Waals surface area contributed by atoms with Crippen LogP contribution in [0.5, 0.6) is 0 Å². The Balaban J connectivity index is 2.88. The number of ketones is 1. The van der Waals surface area contributed by atoms with E-state index in [9.17, 15) is 4.79 Å². The predicted molar refractivity (Wildman–Crippen MR) is 87.5 cm³/mol. The number of methoxy groups -OCH3 is 1. The van der Waals surface area contributed by atoms with Crippen molar-refractivity contribution in [3.05, 3.63) is 45.7 Å². The molecule has 0 aliphatic carbocycles. The number of hydrogen-bond donors (Lipinski definition) is 0. The summed E-state index contributed by atoms with van der Waals surface area (Å²) in [6.45, 7) is 1.33. The maximum atomic E-state index is 12.6. The minimum atomic E-state index is 0.0294. The highest BCUT2D eigenvalue weighted by atomic mass is 32.2. The van der Waals surface area contributed by atoms with E-state index in [4.69, 9.17) is 9.47 Å². The van der Waals surface area contributed by atoms with Crippen LogP contribution in [-0.2, 0) is 9.47 Å². The molecule has 1 aromatic carbocycles. The van der Waals surface area contributed by atoms with Gasteiger partial charge in [-0.1, -0.05) is 30.3 Å². The number of benzene rings is 1. The number of hydrogen-bond acceptors (Lipinski definition) is 5. The Kier molecular flexibility index (Phi) is 8.69. The summed E-state index contributed by atoms with van der Waals surface area (Å²) >= 11 is 3.15. The summed E-state index contributed by atoms with van der Waals surface area (Å²) in [5.74, 6) is 0.0294. The number of thioether (sulfide) groups is 2. The molecular weight excluding hydrogens is 292 g/mol. The van der Waals surface area contributed by atoms with Crippen LogP contribution in [0.15, 0.2) is 40.1 Å². The van der Waals surface area contributed by atoms with E-state index in [0.29, 0.717) is 31.0 Å². The van der Waals surface area contributed by atoms with Gasteiger partial charge < -0.3 is 9.47 Å². The molecule has 0 fully saturated rings. The van der Waals surface area contributed by atoms with Crippen molar-refractivity contribution in [2.24, 2.45) is 0 Å². The molecule has 0 heterocycles. The first-order chi connectivity index (χ1) is 9.74. The van der Waals surface area contributed by atoms with E-state index < -0.39 is 0 Å². The second-order valence-electron chi connectivity index (χ2n) is 3.91. The van der Waals surface area contributed by atoms with Gasteiger partial charge in [-0.2, -0.15) is 0 Å². The van der Waals surface area contributed by atoms with Crippen molar-refractivity contribution in [1.29, 1.82) is 0 Å². The minimum absolute atomic E-state index is 0.0294. The number of rotatable bonds is 9. The third kappa shape index (κ3) is 5.32. The monoisotopic (exact) mass is 312 g/mol. The summed E-state index contributed by atoms with van der Waals surface area (Å²) in [5.41, 5.74) is 1.41. The average Bonchev–Trinajstić information content (AvgIpc) is 2.51. The van der Waals surface area contributed by atoms with E-state index in [2.05, 4.69) is 0 Å². The van der Waals surface area contributed by atoms with Gasteiger partial charge >= 0.3 is 0 Å². The first kappa shape index (κ1) is 17.3. The molecule has 0 radical (unpaired) electrons. The number of carbonyl (C=O) groups is 1. The smallest absolute Gasteiger partial charge is 0.192 e. The highest BCUT2D eigenvalue weighted by Crippen LogP contribution is 2.29. The third-order valence-corrected chi connectivity index (χ3v) is 4.84. The molecule has 3 nitrogen and oxygen atoms in total. The van der Waals surface area contributed by atoms with Gasteiger partial charge in [0.05, 0.1) is 19.8 Å². The van der Waals surface area contributed by atoms with E-state index in [1.165, 1.54) is 0 Å². The highest BCUT2D eigenvalue weighted by molar-refractivity contribution is 8.21. The van der Waals surface area contributed by atoms with Gasteiger partial charge in [-0.3, -0.25) is 4.79 Å². The summed E-state index contributed by atoms with van der Waals surface area (Å²) in [6.07, 6.45) is 3.94. The van der Waals surface area contributed by atoms with E-state index in [1.807, 2.05) is 42.8 Å². The molecule has 0 aliphatic heterocycles. The molecule has 5 heteroatoms. The summed E-state index contributed by atoms with van der Waals surface area (Å²) in [7, 11) is 1.63. The molecule has 0 unspecified atom stereocenters. The van der Waals surface area contributed by atoms with Crippen molar-refractivity contribution in [3.63, 3.8) is 0 Å². The Morgan fingerprint density at radius 1 is 1.10 bits per heavy atom. The van der Waals surface area contributed by atoms with Crippen LogP contribution in [0.25, 0.3) is 0 Å². The molecule has 0 aliphatic rings. The lowest BCUT2D eigenvalue weighted by Crippen LogP contribution is -2.13. The lowest BCUT2D eigenvalue weighted by Gasteiger charge is -2.12. The van der Waals surface area contributed by atoms with Crippen molar-refractivity contribution < 1.29 is 14.3 Å². The lowest BCUT2D eigenvalue weighted by molar-refractivity contribution is 0.0773. The van der Waals surface area contributed by atoms with E-state index >= 15 is 0 Å². The Bertz CT molecular complexity index is 438. The largest absolute Gasteiger partial charge is 0.382 e. The van der Waals surface area contributed by atoms with Crippen LogP contribution in [0.3, 0.4) is 0 Å². The van der Waals surface area contributed by atoms with Gasteiger partial charge in [-0.25, -0.2) is 0 Å². The Morgan fingerprint density at radius 3 is 2.30 bits per heavy atom. The number of Topliss-reactive ketones (excluding diaryl/α,β-unsaturated/α-hetero) is 1. The van der Waals surface area contributed by atoms with Crippen molar-refractivity contribution >= 4 is 29.3 Å². The SMILES string of the molecule is COCCOCC(C(=O)c1ccccc1)=C(SC)SC. The van der Waals surface area contributed by atoms with Gasteiger partial charge in [-0.05, 0) is 12.5 Å². The standard InChI is InChI=1S/C15H20O3S2/c1-17-9-10-18-11-13(15(19-2)20-3)14(16)12-7-5-4-6-8-12/h4-8H,9-11H2,1-3H3. The van der Waals surface area contributed by atoms with Crippen molar-refractivity contribution in [1.82, 2.24) is 0 Å². The fraction of sp³-hybridized carbons (Fsp3) is 0.400. The molecule has 110 valence electrons. The van der Waals surface area contributed by atoms with Gasteiger partial charge in [-0.15, -0.1) is 23.5 Å². The zero-order chi connectivity index (χ0) is 14.8. The van der Waals surface area contributed by atoms with Crippen LogP contribution in [0.2, 0.25) is 0 Å². The number of carbonyl (C=O) groups excluding carboxylic acids is 1. The van der Waals surface area contributed by atoms with Crippen LogP contribution in [0.1, 0.15) is 10.4 Å². The van der Waals surface area contributed by atoms with Gasteiger partial charge in [0.1, 0.15) is 0 Å². The van der Waals surface area contributed by atoms with Gasteiger partial charge in [0, 0.05) is 22.5 Å². The van der Waals surface area contributed by atoms with Crippen LogP contribution < -0.4 is 0 Å². The molecular formula is C15H20O3S2. The normalized spacial score (nSPS) is 10.3. The summed E-state index contributed by atoms with van der Waals surface area (Å²) in [4.78, 5) is 12.6. The molecule has 0 atom stereocenters. The Labute approximate surface area is 129 Å². The predicted octanol–water partition coefficient (Wildman–Crippen LogP) is 3.47. The zero-order valence-electron chi connectivity index (χ0n) is 12.0. The Hall–Kier alpha value is -0.750. The van der Waals surface area contributed by atoms with Gasteiger partial charge in [0.25, 0.3) is 0 Å². The van der Waals surface area contributed by atoms with Crippen molar-refractivity contribution in [2.75, 3.05) is 39.4 Å². The summed E-state index contributed by atoms with van der Waals surface area (Å²) < 4.78 is 11.5. The molecule has 0 saturated heterocycles. The topological polar surface area (TPSA) is 35.5 Å². The highest BCUT2D eigenvalue weighted by Gasteiger charge is 2.17. The molecule has 1 aromatic rings. The van der Waals surface area contributed by atoms with Crippen molar-refractivity contribution in [2.45, 2.75) is 0 Å². The first-order valence-corrected chi connectivity index (χ1v) is 8.67. The quantitative estimate of drug-likeness (QED) is 0.396. The molecule has 0 saturated carbocycles. The first-order valence-electron chi connectivity index (χ1n) is 6.22. The van der Waals surface area contributed by atoms with E-state index in [-0.39, 0.29) is 5.78 Å². The molecule has 0 N–H and O–H groups in total. The fourth-order valence-electron chi connectivity index (χ4n) is 1.63. The molecule has 1 rings (SSSR count). The van der Waals surface area contributed by atoms with Gasteiger partial charge in [0.2, 0.25) is 0 Å². The van der Waals surface area contributed by atoms with E-state index in [0.717, 1.165) is 4.24 Å².